The van der Waals surface area contributed by atoms with Gasteiger partial charge < -0.3 is 53.5 Å². The molecule has 2 aromatic heterocycles. The third-order valence-electron chi connectivity index (χ3n) is 5.49. The number of halogens is 5. The number of anilines is 1. The topological polar surface area (TPSA) is 267 Å². The van der Waals surface area contributed by atoms with Crippen molar-refractivity contribution in [3.05, 3.63) is 6.33 Å². The molecule has 3 N–H and O–H groups in total. The number of alkyl halides is 5. The molecule has 2 aromatic rings. The Balaban J connectivity index is 0. The number of ether oxygens (including phenoxy) is 1. The Bertz CT molecular complexity index is 1490. The quantitative estimate of drug-likeness (QED) is 0.0375. The van der Waals surface area contributed by atoms with Crippen molar-refractivity contribution in [3.63, 3.8) is 0 Å². The summed E-state index contributed by atoms with van der Waals surface area (Å²) in [6, 6.07) is 0. The van der Waals surface area contributed by atoms with Crippen LogP contribution in [0.5, 0.6) is 0 Å². The Morgan fingerprint density at radius 2 is 1.67 bits per heavy atom. The number of hydrogen-bond acceptors (Lipinski definition) is 18. The molecule has 0 spiro atoms. The first-order chi connectivity index (χ1) is 20.1. The van der Waals surface area contributed by atoms with E-state index in [9.17, 15) is 56.7 Å². The maximum atomic E-state index is 12.7. The number of aliphatic hydroxyl groups is 2. The van der Waals surface area contributed by atoms with Crippen molar-refractivity contribution < 1.29 is 188 Å². The Morgan fingerprint density at radius 1 is 1.06 bits per heavy atom. The number of aromatic nitrogens is 4. The molecule has 1 aliphatic heterocycles. The van der Waals surface area contributed by atoms with Crippen LogP contribution < -0.4 is 143 Å². The SMILES string of the molecule is CSCCNc1nc(SCCC(F)(F)F)nc2c1ncn2[C@H]1O[C@@H](COP(=O)([O-])OP(=O)([O-])C(Cl)(Cl)P(=O)([O-])[O-])[C@H](O)[C@@H]1O.[Na+].[Na+].[Na+].[Na+]. The number of aliphatic hydroxyl groups excluding tert-OH is 2. The Morgan fingerprint density at radius 3 is 2.21 bits per heavy atom. The predicted octanol–water partition coefficient (Wildman–Crippen LogP) is -11.7. The van der Waals surface area contributed by atoms with Crippen molar-refractivity contribution in [3.8, 4) is 0 Å². The van der Waals surface area contributed by atoms with Crippen molar-refractivity contribution >= 4 is 86.7 Å². The van der Waals surface area contributed by atoms with E-state index in [0.717, 1.165) is 10.9 Å². The molecule has 0 amide bonds. The number of nitrogens with zero attached hydrogens (tertiary/aromatic N) is 4. The number of phosphoric acid groups is 1. The Hall–Kier alpha value is 3.75. The van der Waals surface area contributed by atoms with E-state index >= 15 is 0 Å². The van der Waals surface area contributed by atoms with E-state index in [4.69, 9.17) is 27.9 Å². The first-order valence-electron chi connectivity index (χ1n) is 11.7. The average molecular weight is 864 g/mol. The Labute approximate surface area is 378 Å². The van der Waals surface area contributed by atoms with E-state index < -0.39 is 76.3 Å². The summed E-state index contributed by atoms with van der Waals surface area (Å²) >= 11 is 12.2. The largest absolute Gasteiger partial charge is 1.00 e. The molecule has 1 saturated heterocycles. The van der Waals surface area contributed by atoms with Gasteiger partial charge in [-0.2, -0.15) is 24.9 Å². The Kier molecular flexibility index (Phi) is 24.6. The van der Waals surface area contributed by atoms with Gasteiger partial charge in [0.05, 0.1) is 19.4 Å². The first kappa shape index (κ1) is 53.9. The van der Waals surface area contributed by atoms with Crippen LogP contribution in [0.2, 0.25) is 0 Å². The van der Waals surface area contributed by atoms with Crippen LogP contribution in [-0.2, 0) is 27.3 Å². The molecule has 0 saturated carbocycles. The second kappa shape index (κ2) is 21.9. The summed E-state index contributed by atoms with van der Waals surface area (Å²) in [5.74, 6) is 0.351. The molecule has 31 heteroatoms. The fourth-order valence-corrected chi connectivity index (χ4v) is 8.59. The third kappa shape index (κ3) is 14.4. The van der Waals surface area contributed by atoms with E-state index in [1.807, 2.05) is 6.26 Å². The summed E-state index contributed by atoms with van der Waals surface area (Å²) in [6.45, 7) is -0.835. The van der Waals surface area contributed by atoms with Gasteiger partial charge in [0.2, 0.25) is 3.82 Å². The second-order valence-electron chi connectivity index (χ2n) is 8.69. The van der Waals surface area contributed by atoms with Crippen LogP contribution in [-0.4, -0.2) is 88.9 Å². The molecule has 252 valence electrons. The normalized spacial score (nSPS) is 22.3. The van der Waals surface area contributed by atoms with Gasteiger partial charge in [0.15, 0.2) is 36.0 Å². The minimum atomic E-state index is -6.40. The molecule has 2 unspecified atom stereocenters. The van der Waals surface area contributed by atoms with E-state index in [0.29, 0.717) is 24.1 Å². The number of rotatable bonds is 15. The molecule has 3 heterocycles. The average Bonchev–Trinajstić information content (AvgIpc) is 3.41. The number of imidazole rings is 1. The van der Waals surface area contributed by atoms with E-state index in [1.54, 1.807) is 0 Å². The van der Waals surface area contributed by atoms with E-state index in [-0.39, 0.29) is 140 Å². The van der Waals surface area contributed by atoms with Gasteiger partial charge in [0.25, 0.3) is 7.82 Å². The molecular weight excluding hydrogens is 843 g/mol. The molecule has 6 atom stereocenters. The van der Waals surface area contributed by atoms with Crippen molar-refractivity contribution in [2.45, 2.75) is 46.1 Å². The number of nitrogens with one attached hydrogen (secondary N) is 1. The van der Waals surface area contributed by atoms with Crippen LogP contribution in [0.1, 0.15) is 12.6 Å². The molecule has 1 fully saturated rings. The van der Waals surface area contributed by atoms with Gasteiger partial charge in [-0.15, -0.1) is 0 Å². The summed E-state index contributed by atoms with van der Waals surface area (Å²) in [4.78, 5) is 58.6. The van der Waals surface area contributed by atoms with Gasteiger partial charge in [-0.25, -0.2) is 15.0 Å². The molecular formula is C17H21Cl2F3N5Na4O12P3S2. The van der Waals surface area contributed by atoms with Gasteiger partial charge in [0.1, 0.15) is 18.3 Å². The number of phosphoric ester groups is 1. The smallest absolute Gasteiger partial charge is 0.808 e. The summed E-state index contributed by atoms with van der Waals surface area (Å²) in [6.07, 6.45) is -9.61. The first-order valence-corrected chi connectivity index (χ1v) is 19.3. The molecule has 1 aliphatic rings. The fourth-order valence-electron chi connectivity index (χ4n) is 3.42. The van der Waals surface area contributed by atoms with Crippen LogP contribution in [0.25, 0.3) is 11.2 Å². The number of hydrogen-bond donors (Lipinski definition) is 3. The molecule has 17 nitrogen and oxygen atoms in total. The number of thioether (sulfide) groups is 2. The third-order valence-corrected chi connectivity index (χ3v) is 14.3. The molecule has 0 radical (unpaired) electrons. The van der Waals surface area contributed by atoms with Gasteiger partial charge in [0, 0.05) is 18.1 Å². The maximum Gasteiger partial charge on any atom is 1.00 e. The van der Waals surface area contributed by atoms with Crippen LogP contribution in [0.3, 0.4) is 0 Å². The second-order valence-corrected chi connectivity index (χ2v) is 18.6. The summed E-state index contributed by atoms with van der Waals surface area (Å²) < 4.78 is 83.4. The van der Waals surface area contributed by atoms with E-state index in [1.165, 1.54) is 11.8 Å². The zero-order chi connectivity index (χ0) is 33.3. The minimum absolute atomic E-state index is 0. The standard InChI is InChI=1S/C17H25Cl2F3N5O12P3S2.4Na/c1-43-5-3-23-12-9-13(26-15(25-12)44-4-2-16(20,21)22)27(7-24-9)14-11(29)10(28)8(38-14)6-37-42(35,36)39-41(33,34)17(18,19)40(30,31)32;;;;/h7-8,10-11,14,28-29H,2-6H2,1H3,(H,33,34)(H,35,36)(H,23,25,26)(H2,30,31,32);;;;/q;4*+1/p-4/t8-,10-,11-,14-;;;;/m0..../s1. The fraction of sp³-hybridized carbons (Fsp3) is 0.706. The molecule has 3 rings (SSSR count). The summed E-state index contributed by atoms with van der Waals surface area (Å²) in [5.41, 5.74) is 0.0592. The van der Waals surface area contributed by atoms with Crippen molar-refractivity contribution in [2.24, 2.45) is 0 Å². The molecule has 48 heavy (non-hydrogen) atoms. The zero-order valence-corrected chi connectivity index (χ0v) is 39.6. The monoisotopic (exact) mass is 863 g/mol. The van der Waals surface area contributed by atoms with Gasteiger partial charge in [-0.05, 0) is 13.9 Å². The molecule has 0 aromatic carbocycles. The molecule has 0 bridgehead atoms. The van der Waals surface area contributed by atoms with Crippen molar-refractivity contribution in [1.82, 2.24) is 19.5 Å². The molecule has 0 aliphatic carbocycles. The summed E-state index contributed by atoms with van der Waals surface area (Å²) in [7, 11) is -18.8. The van der Waals surface area contributed by atoms with Crippen LogP contribution in [0, 0.1) is 0 Å². The van der Waals surface area contributed by atoms with Gasteiger partial charge >= 0.3 is 124 Å². The van der Waals surface area contributed by atoms with Crippen LogP contribution in [0.15, 0.2) is 11.5 Å². The maximum absolute atomic E-state index is 12.7. The predicted molar refractivity (Wildman–Crippen MR) is 144 cm³/mol. The summed E-state index contributed by atoms with van der Waals surface area (Å²) in [5, 5.41) is 24.0. The minimum Gasteiger partial charge on any atom is -0.808 e. The van der Waals surface area contributed by atoms with Crippen LogP contribution in [0.4, 0.5) is 19.0 Å². The van der Waals surface area contributed by atoms with Crippen molar-refractivity contribution in [1.29, 1.82) is 0 Å². The van der Waals surface area contributed by atoms with E-state index in [2.05, 4.69) is 29.1 Å². The van der Waals surface area contributed by atoms with Crippen LogP contribution >= 0.6 is 69.7 Å². The van der Waals surface area contributed by atoms with Crippen molar-refractivity contribution in [2.75, 3.05) is 36.2 Å². The zero-order valence-electron chi connectivity index (χ0n) is 25.7. The van der Waals surface area contributed by atoms with Gasteiger partial charge in [-0.1, -0.05) is 35.0 Å². The number of fused-ring (bicyclic) bond motifs is 1. The van der Waals surface area contributed by atoms with Gasteiger partial charge in [-0.3, -0.25) is 13.4 Å².